The van der Waals surface area contributed by atoms with E-state index in [1.54, 1.807) is 6.07 Å². The number of hydrogen-bond donors (Lipinski definition) is 1. The maximum atomic E-state index is 11.1. The highest BCUT2D eigenvalue weighted by molar-refractivity contribution is 5.92. The summed E-state index contributed by atoms with van der Waals surface area (Å²) in [5, 5.41) is 0. The molecule has 2 heteroatoms. The largest absolute Gasteiger partial charge is 0.366 e. The van der Waals surface area contributed by atoms with Gasteiger partial charge in [-0.1, -0.05) is 39.8 Å². The topological polar surface area (TPSA) is 43.1 Å². The predicted molar refractivity (Wildman–Crippen MR) is 67.4 cm³/mol. The van der Waals surface area contributed by atoms with Crippen LogP contribution in [-0.2, 0) is 5.41 Å². The molecule has 0 aliphatic rings. The summed E-state index contributed by atoms with van der Waals surface area (Å²) in [6.07, 6.45) is 1.09. The minimum atomic E-state index is -0.359. The van der Waals surface area contributed by atoms with Crippen LogP contribution in [-0.4, -0.2) is 5.91 Å². The van der Waals surface area contributed by atoms with Gasteiger partial charge in [0, 0.05) is 5.56 Å². The van der Waals surface area contributed by atoms with Gasteiger partial charge in [0.25, 0.3) is 0 Å². The van der Waals surface area contributed by atoms with Gasteiger partial charge in [-0.15, -0.1) is 0 Å². The van der Waals surface area contributed by atoms with Gasteiger partial charge in [-0.25, -0.2) is 0 Å². The summed E-state index contributed by atoms with van der Waals surface area (Å²) in [5.41, 5.74) is 7.14. The number of rotatable bonds is 4. The van der Waals surface area contributed by atoms with E-state index in [9.17, 15) is 4.79 Å². The van der Waals surface area contributed by atoms with E-state index in [0.717, 1.165) is 6.42 Å². The Balaban J connectivity index is 3.03. The van der Waals surface area contributed by atoms with E-state index in [4.69, 9.17) is 5.73 Å². The Bertz CT molecular complexity index is 380. The van der Waals surface area contributed by atoms with E-state index in [0.29, 0.717) is 11.5 Å². The number of hydrogen-bond acceptors (Lipinski definition) is 1. The van der Waals surface area contributed by atoms with Gasteiger partial charge in [-0.2, -0.15) is 0 Å². The molecule has 0 heterocycles. The average Bonchev–Trinajstić information content (AvgIpc) is 2.16. The van der Waals surface area contributed by atoms with Gasteiger partial charge in [0.15, 0.2) is 0 Å². The van der Waals surface area contributed by atoms with Crippen LogP contribution in [0.2, 0.25) is 0 Å². The molecule has 1 aromatic carbocycles. The Kier molecular flexibility index (Phi) is 3.74. The molecule has 0 aromatic heterocycles. The van der Waals surface area contributed by atoms with Gasteiger partial charge < -0.3 is 5.73 Å². The van der Waals surface area contributed by atoms with Crippen molar-refractivity contribution in [2.75, 3.05) is 0 Å². The summed E-state index contributed by atoms with van der Waals surface area (Å²) in [7, 11) is 0. The Morgan fingerprint density at radius 3 is 2.50 bits per heavy atom. The zero-order valence-electron chi connectivity index (χ0n) is 10.6. The average molecular weight is 219 g/mol. The fourth-order valence-electron chi connectivity index (χ4n) is 2.23. The smallest absolute Gasteiger partial charge is 0.248 e. The summed E-state index contributed by atoms with van der Waals surface area (Å²) in [6.45, 7) is 8.82. The molecule has 2 N–H and O–H groups in total. The molecule has 0 aliphatic heterocycles. The Morgan fingerprint density at radius 2 is 2.00 bits per heavy atom. The lowest BCUT2D eigenvalue weighted by Gasteiger charge is -2.27. The zero-order valence-corrected chi connectivity index (χ0v) is 10.6. The van der Waals surface area contributed by atoms with E-state index >= 15 is 0 Å². The van der Waals surface area contributed by atoms with Gasteiger partial charge >= 0.3 is 0 Å². The Morgan fingerprint density at radius 1 is 1.38 bits per heavy atom. The molecule has 1 amide bonds. The number of primary amides is 1. The SMILES string of the molecule is CC(C)CC(C)(C)c1cccc(C(N)=O)c1. The first kappa shape index (κ1) is 12.8. The standard InChI is InChI=1S/C14H21NO/c1-10(2)9-14(3,4)12-7-5-6-11(8-12)13(15)16/h5-8,10H,9H2,1-4H3,(H2,15,16). The van der Waals surface area contributed by atoms with Crippen molar-refractivity contribution in [2.24, 2.45) is 11.7 Å². The number of carbonyl (C=O) groups is 1. The van der Waals surface area contributed by atoms with Gasteiger partial charge in [0.1, 0.15) is 0 Å². The summed E-state index contributed by atoms with van der Waals surface area (Å²) >= 11 is 0. The van der Waals surface area contributed by atoms with E-state index < -0.39 is 0 Å². The normalized spacial score (nSPS) is 11.8. The van der Waals surface area contributed by atoms with Crippen LogP contribution in [0.4, 0.5) is 0 Å². The molecule has 1 rings (SSSR count). The molecule has 0 saturated heterocycles. The van der Waals surface area contributed by atoms with Crippen LogP contribution >= 0.6 is 0 Å². The van der Waals surface area contributed by atoms with Crippen LogP contribution in [0.15, 0.2) is 24.3 Å². The quantitative estimate of drug-likeness (QED) is 0.830. The lowest BCUT2D eigenvalue weighted by atomic mass is 9.77. The molecule has 2 nitrogen and oxygen atoms in total. The zero-order chi connectivity index (χ0) is 12.3. The third kappa shape index (κ3) is 3.09. The first-order valence-corrected chi connectivity index (χ1v) is 5.73. The molecule has 1 aromatic rings. The van der Waals surface area contributed by atoms with Crippen LogP contribution < -0.4 is 5.73 Å². The first-order chi connectivity index (χ1) is 7.33. The second-order valence-corrected chi connectivity index (χ2v) is 5.43. The van der Waals surface area contributed by atoms with Crippen molar-refractivity contribution in [3.05, 3.63) is 35.4 Å². The molecule has 16 heavy (non-hydrogen) atoms. The van der Waals surface area contributed by atoms with Crippen molar-refractivity contribution in [3.8, 4) is 0 Å². The fourth-order valence-corrected chi connectivity index (χ4v) is 2.23. The van der Waals surface area contributed by atoms with Crippen LogP contribution in [0.5, 0.6) is 0 Å². The number of benzene rings is 1. The van der Waals surface area contributed by atoms with Gasteiger partial charge in [0.2, 0.25) is 5.91 Å². The molecule has 0 atom stereocenters. The summed E-state index contributed by atoms with van der Waals surface area (Å²) < 4.78 is 0. The maximum absolute atomic E-state index is 11.1. The van der Waals surface area contributed by atoms with Gasteiger partial charge in [-0.3, -0.25) is 4.79 Å². The molecule has 0 saturated carbocycles. The molecular weight excluding hydrogens is 198 g/mol. The summed E-state index contributed by atoms with van der Waals surface area (Å²) in [5.74, 6) is 0.273. The highest BCUT2D eigenvalue weighted by Crippen LogP contribution is 2.30. The van der Waals surface area contributed by atoms with Crippen LogP contribution in [0.25, 0.3) is 0 Å². The van der Waals surface area contributed by atoms with E-state index in [1.165, 1.54) is 5.56 Å². The third-order valence-corrected chi connectivity index (χ3v) is 2.85. The van der Waals surface area contributed by atoms with Crippen molar-refractivity contribution in [1.82, 2.24) is 0 Å². The highest BCUT2D eigenvalue weighted by atomic mass is 16.1. The van der Waals surface area contributed by atoms with Crippen LogP contribution in [0, 0.1) is 5.92 Å². The lowest BCUT2D eigenvalue weighted by Crippen LogP contribution is -2.21. The number of nitrogens with two attached hydrogens (primary N) is 1. The molecule has 0 unspecified atom stereocenters. The predicted octanol–water partition coefficient (Wildman–Crippen LogP) is 3.11. The third-order valence-electron chi connectivity index (χ3n) is 2.85. The molecule has 0 bridgehead atoms. The molecular formula is C14H21NO. The first-order valence-electron chi connectivity index (χ1n) is 5.73. The van der Waals surface area contributed by atoms with E-state index in [-0.39, 0.29) is 11.3 Å². The molecule has 0 spiro atoms. The Labute approximate surface area is 97.9 Å². The van der Waals surface area contributed by atoms with Crippen molar-refractivity contribution >= 4 is 5.91 Å². The minimum absolute atomic E-state index is 0.0830. The Hall–Kier alpha value is -1.31. The molecule has 0 radical (unpaired) electrons. The van der Waals surface area contributed by atoms with Crippen molar-refractivity contribution < 1.29 is 4.79 Å². The fraction of sp³-hybridized carbons (Fsp3) is 0.500. The van der Waals surface area contributed by atoms with Crippen molar-refractivity contribution in [1.29, 1.82) is 0 Å². The second kappa shape index (κ2) is 4.69. The van der Waals surface area contributed by atoms with Crippen molar-refractivity contribution in [3.63, 3.8) is 0 Å². The lowest BCUT2D eigenvalue weighted by molar-refractivity contribution is 0.1000. The summed E-state index contributed by atoms with van der Waals surface area (Å²) in [4.78, 5) is 11.1. The van der Waals surface area contributed by atoms with Crippen LogP contribution in [0.3, 0.4) is 0 Å². The monoisotopic (exact) mass is 219 g/mol. The minimum Gasteiger partial charge on any atom is -0.366 e. The maximum Gasteiger partial charge on any atom is 0.248 e. The van der Waals surface area contributed by atoms with E-state index in [2.05, 4.69) is 33.8 Å². The number of amides is 1. The molecule has 0 fully saturated rings. The molecule has 0 aliphatic carbocycles. The van der Waals surface area contributed by atoms with E-state index in [1.807, 2.05) is 12.1 Å². The van der Waals surface area contributed by atoms with Gasteiger partial charge in [0.05, 0.1) is 0 Å². The molecule has 88 valence electrons. The highest BCUT2D eigenvalue weighted by Gasteiger charge is 2.22. The van der Waals surface area contributed by atoms with Crippen molar-refractivity contribution in [2.45, 2.75) is 39.5 Å². The number of carbonyl (C=O) groups excluding carboxylic acids is 1. The van der Waals surface area contributed by atoms with Crippen LogP contribution in [0.1, 0.15) is 50.0 Å². The second-order valence-electron chi connectivity index (χ2n) is 5.43. The summed E-state index contributed by atoms with van der Waals surface area (Å²) in [6, 6.07) is 7.63. The van der Waals surface area contributed by atoms with Gasteiger partial charge in [-0.05, 0) is 35.4 Å².